The summed E-state index contributed by atoms with van der Waals surface area (Å²) in [6, 6.07) is 12.1. The van der Waals surface area contributed by atoms with Crippen LogP contribution in [-0.4, -0.2) is 13.7 Å². The van der Waals surface area contributed by atoms with Crippen molar-refractivity contribution in [2.24, 2.45) is 0 Å². The van der Waals surface area contributed by atoms with Crippen LogP contribution in [0.1, 0.15) is 18.9 Å². The van der Waals surface area contributed by atoms with Crippen LogP contribution in [-0.2, 0) is 6.54 Å². The van der Waals surface area contributed by atoms with Gasteiger partial charge in [-0.25, -0.2) is 4.39 Å². The van der Waals surface area contributed by atoms with E-state index in [0.717, 1.165) is 18.5 Å². The molecular formula is C17H20FNO2. The fraction of sp³-hybridized carbons (Fsp3) is 0.294. The molecule has 0 bridgehead atoms. The van der Waals surface area contributed by atoms with Crippen molar-refractivity contribution in [1.29, 1.82) is 0 Å². The first kappa shape index (κ1) is 15.3. The molecular weight excluding hydrogens is 269 g/mol. The molecule has 0 saturated heterocycles. The summed E-state index contributed by atoms with van der Waals surface area (Å²) in [5.41, 5.74) is 0.902. The number of benzene rings is 2. The predicted molar refractivity (Wildman–Crippen MR) is 81.5 cm³/mol. The summed E-state index contributed by atoms with van der Waals surface area (Å²) in [4.78, 5) is 0. The first-order chi connectivity index (χ1) is 10.2. The Balaban J connectivity index is 2.06. The molecule has 2 aromatic rings. The molecule has 2 aromatic carbocycles. The maximum Gasteiger partial charge on any atom is 0.166 e. The average molecular weight is 289 g/mol. The molecule has 21 heavy (non-hydrogen) atoms. The first-order valence-corrected chi connectivity index (χ1v) is 7.04. The number of ether oxygens (including phenoxy) is 2. The molecule has 0 atom stereocenters. The maximum absolute atomic E-state index is 14.0. The Morgan fingerprint density at radius 3 is 2.62 bits per heavy atom. The molecule has 0 aliphatic heterocycles. The normalized spacial score (nSPS) is 10.4. The van der Waals surface area contributed by atoms with Gasteiger partial charge in [0.1, 0.15) is 11.5 Å². The van der Waals surface area contributed by atoms with Gasteiger partial charge in [0.25, 0.3) is 0 Å². The van der Waals surface area contributed by atoms with E-state index >= 15 is 0 Å². The number of hydrogen-bond acceptors (Lipinski definition) is 3. The number of halogens is 1. The van der Waals surface area contributed by atoms with E-state index in [1.807, 2.05) is 12.1 Å². The zero-order valence-corrected chi connectivity index (χ0v) is 12.4. The molecule has 1 N–H and O–H groups in total. The Bertz CT molecular complexity index is 587. The molecule has 0 aliphatic rings. The standard InChI is InChI=1S/C17H20FNO2/c1-3-9-19-12-13-7-8-17(16(18)10-13)21-15-6-4-5-14(11-15)20-2/h4-8,10-11,19H,3,9,12H2,1-2H3. The lowest BCUT2D eigenvalue weighted by Crippen LogP contribution is -2.13. The Morgan fingerprint density at radius 2 is 1.90 bits per heavy atom. The van der Waals surface area contributed by atoms with Crippen molar-refractivity contribution in [2.45, 2.75) is 19.9 Å². The molecule has 4 heteroatoms. The van der Waals surface area contributed by atoms with E-state index in [0.29, 0.717) is 18.0 Å². The Labute approximate surface area is 124 Å². The van der Waals surface area contributed by atoms with Gasteiger partial charge >= 0.3 is 0 Å². The van der Waals surface area contributed by atoms with Crippen molar-refractivity contribution in [3.05, 3.63) is 53.8 Å². The highest BCUT2D eigenvalue weighted by atomic mass is 19.1. The summed E-state index contributed by atoms with van der Waals surface area (Å²) in [7, 11) is 1.58. The highest BCUT2D eigenvalue weighted by Crippen LogP contribution is 2.27. The van der Waals surface area contributed by atoms with Crippen LogP contribution in [0.3, 0.4) is 0 Å². The van der Waals surface area contributed by atoms with Crippen LogP contribution in [0.2, 0.25) is 0 Å². The quantitative estimate of drug-likeness (QED) is 0.778. The SMILES string of the molecule is CCCNCc1ccc(Oc2cccc(OC)c2)c(F)c1. The minimum Gasteiger partial charge on any atom is -0.497 e. The van der Waals surface area contributed by atoms with E-state index in [4.69, 9.17) is 9.47 Å². The lowest BCUT2D eigenvalue weighted by atomic mass is 10.2. The minimum absolute atomic E-state index is 0.211. The van der Waals surface area contributed by atoms with Gasteiger partial charge in [-0.2, -0.15) is 0 Å². The van der Waals surface area contributed by atoms with Gasteiger partial charge in [0.05, 0.1) is 7.11 Å². The largest absolute Gasteiger partial charge is 0.497 e. The van der Waals surface area contributed by atoms with Crippen LogP contribution in [0.5, 0.6) is 17.2 Å². The van der Waals surface area contributed by atoms with Crippen LogP contribution < -0.4 is 14.8 Å². The molecule has 0 fully saturated rings. The fourth-order valence-corrected chi connectivity index (χ4v) is 1.94. The minimum atomic E-state index is -0.367. The lowest BCUT2D eigenvalue weighted by molar-refractivity contribution is 0.405. The predicted octanol–water partition coefficient (Wildman–Crippen LogP) is 4.13. The van der Waals surface area contributed by atoms with Crippen LogP contribution in [0.25, 0.3) is 0 Å². The zero-order valence-electron chi connectivity index (χ0n) is 12.4. The van der Waals surface area contributed by atoms with E-state index < -0.39 is 0 Å². The van der Waals surface area contributed by atoms with Crippen LogP contribution >= 0.6 is 0 Å². The number of rotatable bonds is 7. The van der Waals surface area contributed by atoms with E-state index in [1.165, 1.54) is 6.07 Å². The van der Waals surface area contributed by atoms with Crippen molar-refractivity contribution in [1.82, 2.24) is 5.32 Å². The number of hydrogen-bond donors (Lipinski definition) is 1. The zero-order chi connectivity index (χ0) is 15.1. The number of nitrogens with one attached hydrogen (secondary N) is 1. The Morgan fingerprint density at radius 1 is 1.10 bits per heavy atom. The summed E-state index contributed by atoms with van der Waals surface area (Å²) >= 11 is 0. The average Bonchev–Trinajstić information content (AvgIpc) is 2.50. The molecule has 0 aromatic heterocycles. The Hall–Kier alpha value is -2.07. The third kappa shape index (κ3) is 4.46. The van der Waals surface area contributed by atoms with Gasteiger partial charge in [-0.05, 0) is 42.8 Å². The van der Waals surface area contributed by atoms with Gasteiger partial charge in [-0.1, -0.05) is 19.1 Å². The van der Waals surface area contributed by atoms with Crippen molar-refractivity contribution >= 4 is 0 Å². The third-order valence-electron chi connectivity index (χ3n) is 3.02. The molecule has 0 spiro atoms. The van der Waals surface area contributed by atoms with Gasteiger partial charge in [0.2, 0.25) is 0 Å². The lowest BCUT2D eigenvalue weighted by Gasteiger charge is -2.10. The van der Waals surface area contributed by atoms with Gasteiger partial charge in [0, 0.05) is 12.6 Å². The highest BCUT2D eigenvalue weighted by Gasteiger charge is 2.07. The summed E-state index contributed by atoms with van der Waals surface area (Å²) in [5.74, 6) is 1.06. The van der Waals surface area contributed by atoms with E-state index in [2.05, 4.69) is 12.2 Å². The molecule has 3 nitrogen and oxygen atoms in total. The van der Waals surface area contributed by atoms with Crippen LogP contribution in [0.15, 0.2) is 42.5 Å². The molecule has 0 saturated carbocycles. The monoisotopic (exact) mass is 289 g/mol. The second kappa shape index (κ2) is 7.64. The molecule has 0 heterocycles. The van der Waals surface area contributed by atoms with Gasteiger partial charge in [-0.15, -0.1) is 0 Å². The molecule has 0 aliphatic carbocycles. The van der Waals surface area contributed by atoms with Crippen molar-refractivity contribution < 1.29 is 13.9 Å². The van der Waals surface area contributed by atoms with Crippen molar-refractivity contribution in [3.8, 4) is 17.2 Å². The molecule has 2 rings (SSSR count). The maximum atomic E-state index is 14.0. The summed E-state index contributed by atoms with van der Waals surface area (Å²) in [6.07, 6.45) is 1.06. The molecule has 0 radical (unpaired) electrons. The van der Waals surface area contributed by atoms with E-state index in [1.54, 1.807) is 31.4 Å². The first-order valence-electron chi connectivity index (χ1n) is 7.04. The van der Waals surface area contributed by atoms with E-state index in [9.17, 15) is 4.39 Å². The molecule has 0 unspecified atom stereocenters. The van der Waals surface area contributed by atoms with Crippen molar-refractivity contribution in [2.75, 3.05) is 13.7 Å². The second-order valence-corrected chi connectivity index (χ2v) is 4.72. The second-order valence-electron chi connectivity index (χ2n) is 4.72. The summed E-state index contributed by atoms with van der Waals surface area (Å²) in [6.45, 7) is 3.67. The third-order valence-corrected chi connectivity index (χ3v) is 3.02. The van der Waals surface area contributed by atoms with Gasteiger partial charge in [0.15, 0.2) is 11.6 Å². The van der Waals surface area contributed by atoms with Gasteiger partial charge in [-0.3, -0.25) is 0 Å². The van der Waals surface area contributed by atoms with Crippen molar-refractivity contribution in [3.63, 3.8) is 0 Å². The van der Waals surface area contributed by atoms with Gasteiger partial charge < -0.3 is 14.8 Å². The topological polar surface area (TPSA) is 30.5 Å². The smallest absolute Gasteiger partial charge is 0.166 e. The molecule has 112 valence electrons. The fourth-order valence-electron chi connectivity index (χ4n) is 1.94. The highest BCUT2D eigenvalue weighted by molar-refractivity contribution is 5.38. The Kier molecular flexibility index (Phi) is 5.58. The summed E-state index contributed by atoms with van der Waals surface area (Å²) in [5, 5.41) is 3.24. The van der Waals surface area contributed by atoms with Crippen LogP contribution in [0.4, 0.5) is 4.39 Å². The van der Waals surface area contributed by atoms with E-state index in [-0.39, 0.29) is 11.6 Å². The number of methoxy groups -OCH3 is 1. The van der Waals surface area contributed by atoms with Crippen LogP contribution in [0, 0.1) is 5.82 Å². The summed E-state index contributed by atoms with van der Waals surface area (Å²) < 4.78 is 24.7. The molecule has 0 amide bonds.